The van der Waals surface area contributed by atoms with E-state index in [0.29, 0.717) is 31.0 Å². The van der Waals surface area contributed by atoms with Crippen LogP contribution in [0, 0.1) is 0 Å². The number of hydrogen-bond donors (Lipinski definition) is 1. The zero-order valence-corrected chi connectivity index (χ0v) is 18.0. The molecule has 2 aromatic rings. The molecule has 1 atom stereocenters. The fourth-order valence-electron chi connectivity index (χ4n) is 3.74. The molecular formula is C21H29N3O4S. The molecule has 0 saturated carbocycles. The summed E-state index contributed by atoms with van der Waals surface area (Å²) in [6.07, 6.45) is 4.99. The van der Waals surface area contributed by atoms with Crippen molar-refractivity contribution in [3.63, 3.8) is 0 Å². The summed E-state index contributed by atoms with van der Waals surface area (Å²) in [5.74, 6) is 0.394. The highest BCUT2D eigenvalue weighted by molar-refractivity contribution is 7.89. The molecule has 8 heteroatoms. The van der Waals surface area contributed by atoms with Gasteiger partial charge in [-0.15, -0.1) is 0 Å². The molecule has 0 radical (unpaired) electrons. The summed E-state index contributed by atoms with van der Waals surface area (Å²) in [5, 5.41) is 3.01. The SMILES string of the molecule is CCC(NC(=O)c1cc(S(=O)(=O)N2CCCCC2)cn1C)c1ccccc1OC. The van der Waals surface area contributed by atoms with Crippen molar-refractivity contribution in [2.75, 3.05) is 20.2 Å². The quantitative estimate of drug-likeness (QED) is 0.748. The van der Waals surface area contributed by atoms with Crippen LogP contribution in [0.2, 0.25) is 0 Å². The Kier molecular flexibility index (Phi) is 6.64. The van der Waals surface area contributed by atoms with Crippen LogP contribution in [0.25, 0.3) is 0 Å². The second-order valence-electron chi connectivity index (χ2n) is 7.31. The molecule has 158 valence electrons. The first-order valence-electron chi connectivity index (χ1n) is 9.98. The van der Waals surface area contributed by atoms with E-state index in [1.54, 1.807) is 18.7 Å². The van der Waals surface area contributed by atoms with Gasteiger partial charge in [-0.3, -0.25) is 4.79 Å². The third-order valence-electron chi connectivity index (χ3n) is 5.39. The third kappa shape index (κ3) is 4.48. The molecule has 1 aromatic heterocycles. The molecular weight excluding hydrogens is 390 g/mol. The van der Waals surface area contributed by atoms with E-state index in [-0.39, 0.29) is 16.8 Å². The number of amides is 1. The topological polar surface area (TPSA) is 80.6 Å². The first-order valence-corrected chi connectivity index (χ1v) is 11.4. The van der Waals surface area contributed by atoms with Gasteiger partial charge < -0.3 is 14.6 Å². The standard InChI is InChI=1S/C21H29N3O4S/c1-4-18(17-10-6-7-11-20(17)28-3)22-21(25)19-14-16(15-23(19)2)29(26,27)24-12-8-5-9-13-24/h6-7,10-11,14-15,18H,4-5,8-9,12-13H2,1-3H3,(H,22,25). The van der Waals surface area contributed by atoms with Crippen LogP contribution in [0.3, 0.4) is 0 Å². The molecule has 0 bridgehead atoms. The van der Waals surface area contributed by atoms with Gasteiger partial charge in [-0.05, 0) is 31.4 Å². The Bertz CT molecular complexity index is 962. The second kappa shape index (κ2) is 9.00. The average molecular weight is 420 g/mol. The largest absolute Gasteiger partial charge is 0.496 e. The zero-order chi connectivity index (χ0) is 21.0. The van der Waals surface area contributed by atoms with E-state index in [2.05, 4.69) is 5.32 Å². The fraction of sp³-hybridized carbons (Fsp3) is 0.476. The molecule has 1 N–H and O–H groups in total. The van der Waals surface area contributed by atoms with Crippen molar-refractivity contribution in [1.29, 1.82) is 0 Å². The van der Waals surface area contributed by atoms with Gasteiger partial charge in [0.15, 0.2) is 0 Å². The minimum absolute atomic E-state index is 0.164. The number of nitrogens with zero attached hydrogens (tertiary/aromatic N) is 2. The van der Waals surface area contributed by atoms with Crippen molar-refractivity contribution in [1.82, 2.24) is 14.2 Å². The van der Waals surface area contributed by atoms with Crippen LogP contribution >= 0.6 is 0 Å². The number of ether oxygens (including phenoxy) is 1. The van der Waals surface area contributed by atoms with Gasteiger partial charge in [0, 0.05) is 31.9 Å². The van der Waals surface area contributed by atoms with Crippen LogP contribution in [0.4, 0.5) is 0 Å². The predicted octanol–water partition coefficient (Wildman–Crippen LogP) is 3.09. The number of aromatic nitrogens is 1. The molecule has 7 nitrogen and oxygen atoms in total. The van der Waals surface area contributed by atoms with Crippen molar-refractivity contribution in [3.8, 4) is 5.75 Å². The monoisotopic (exact) mass is 419 g/mol. The first kappa shape index (κ1) is 21.4. The van der Waals surface area contributed by atoms with Crippen LogP contribution in [0.15, 0.2) is 41.4 Å². The number of rotatable bonds is 7. The fourth-order valence-corrected chi connectivity index (χ4v) is 5.33. The maximum absolute atomic E-state index is 12.9. The number of para-hydroxylation sites is 1. The van der Waals surface area contributed by atoms with E-state index in [1.165, 1.54) is 16.6 Å². The molecule has 1 aromatic carbocycles. The lowest BCUT2D eigenvalue weighted by molar-refractivity contribution is 0.0927. The molecule has 2 heterocycles. The van der Waals surface area contributed by atoms with E-state index in [4.69, 9.17) is 4.74 Å². The molecule has 3 rings (SSSR count). The highest BCUT2D eigenvalue weighted by Gasteiger charge is 2.29. The maximum atomic E-state index is 12.9. The molecule has 0 aliphatic carbocycles. The molecule has 1 fully saturated rings. The number of piperidine rings is 1. The Morgan fingerprint density at radius 3 is 2.55 bits per heavy atom. The van der Waals surface area contributed by atoms with Gasteiger partial charge in [0.2, 0.25) is 10.0 Å². The molecule has 1 aliphatic heterocycles. The molecule has 0 spiro atoms. The highest BCUT2D eigenvalue weighted by atomic mass is 32.2. The Balaban J connectivity index is 1.82. The first-order chi connectivity index (χ1) is 13.9. The summed E-state index contributed by atoms with van der Waals surface area (Å²) in [6, 6.07) is 8.79. The van der Waals surface area contributed by atoms with E-state index < -0.39 is 10.0 Å². The van der Waals surface area contributed by atoms with Crippen molar-refractivity contribution in [2.24, 2.45) is 7.05 Å². The summed E-state index contributed by atoms with van der Waals surface area (Å²) >= 11 is 0. The number of hydrogen-bond acceptors (Lipinski definition) is 4. The Hall–Kier alpha value is -2.32. The normalized spacial score (nSPS) is 16.4. The van der Waals surface area contributed by atoms with Gasteiger partial charge in [-0.1, -0.05) is 31.5 Å². The van der Waals surface area contributed by atoms with Gasteiger partial charge in [0.25, 0.3) is 5.91 Å². The van der Waals surface area contributed by atoms with Crippen molar-refractivity contribution in [3.05, 3.63) is 47.8 Å². The van der Waals surface area contributed by atoms with Crippen LogP contribution < -0.4 is 10.1 Å². The van der Waals surface area contributed by atoms with Crippen LogP contribution in [-0.4, -0.2) is 43.4 Å². The van der Waals surface area contributed by atoms with Gasteiger partial charge in [-0.2, -0.15) is 4.31 Å². The van der Waals surface area contributed by atoms with E-state index in [1.807, 2.05) is 31.2 Å². The number of nitrogens with one attached hydrogen (secondary N) is 1. The zero-order valence-electron chi connectivity index (χ0n) is 17.2. The third-order valence-corrected chi connectivity index (χ3v) is 7.26. The molecule has 1 unspecified atom stereocenters. The lowest BCUT2D eigenvalue weighted by atomic mass is 10.0. The smallest absolute Gasteiger partial charge is 0.268 e. The van der Waals surface area contributed by atoms with Crippen LogP contribution in [-0.2, 0) is 17.1 Å². The number of aryl methyl sites for hydroxylation is 1. The lowest BCUT2D eigenvalue weighted by Gasteiger charge is -2.25. The van der Waals surface area contributed by atoms with E-state index in [0.717, 1.165) is 24.8 Å². The summed E-state index contributed by atoms with van der Waals surface area (Å²) in [4.78, 5) is 13.1. The molecule has 29 heavy (non-hydrogen) atoms. The molecule has 1 aliphatic rings. The molecule has 1 amide bonds. The number of carbonyl (C=O) groups is 1. The Morgan fingerprint density at radius 1 is 1.21 bits per heavy atom. The van der Waals surface area contributed by atoms with Crippen LogP contribution in [0.1, 0.15) is 54.7 Å². The number of carbonyl (C=O) groups excluding carboxylic acids is 1. The van der Waals surface area contributed by atoms with E-state index >= 15 is 0 Å². The minimum Gasteiger partial charge on any atom is -0.496 e. The van der Waals surface area contributed by atoms with Crippen molar-refractivity contribution < 1.29 is 17.9 Å². The Morgan fingerprint density at radius 2 is 1.90 bits per heavy atom. The maximum Gasteiger partial charge on any atom is 0.268 e. The highest BCUT2D eigenvalue weighted by Crippen LogP contribution is 2.28. The van der Waals surface area contributed by atoms with Crippen molar-refractivity contribution in [2.45, 2.75) is 43.5 Å². The predicted molar refractivity (Wildman–Crippen MR) is 112 cm³/mol. The minimum atomic E-state index is -3.58. The lowest BCUT2D eigenvalue weighted by Crippen LogP contribution is -2.35. The van der Waals surface area contributed by atoms with Gasteiger partial charge in [0.1, 0.15) is 16.3 Å². The van der Waals surface area contributed by atoms with E-state index in [9.17, 15) is 13.2 Å². The van der Waals surface area contributed by atoms with Gasteiger partial charge in [-0.25, -0.2) is 8.42 Å². The summed E-state index contributed by atoms with van der Waals surface area (Å²) in [6.45, 7) is 3.05. The second-order valence-corrected chi connectivity index (χ2v) is 9.25. The summed E-state index contributed by atoms with van der Waals surface area (Å²) in [7, 11) is -0.293. The number of benzene rings is 1. The van der Waals surface area contributed by atoms with Crippen LogP contribution in [0.5, 0.6) is 5.75 Å². The van der Waals surface area contributed by atoms with Crippen molar-refractivity contribution >= 4 is 15.9 Å². The molecule has 1 saturated heterocycles. The summed E-state index contributed by atoms with van der Waals surface area (Å²) in [5.41, 5.74) is 1.20. The van der Waals surface area contributed by atoms with Gasteiger partial charge >= 0.3 is 0 Å². The average Bonchev–Trinajstić information content (AvgIpc) is 3.15. The van der Waals surface area contributed by atoms with Gasteiger partial charge in [0.05, 0.1) is 13.2 Å². The summed E-state index contributed by atoms with van der Waals surface area (Å²) < 4.78 is 34.3. The number of methoxy groups -OCH3 is 1. The Labute approximate surface area is 172 Å². The number of sulfonamides is 1.